The summed E-state index contributed by atoms with van der Waals surface area (Å²) >= 11 is 1.36. The maximum absolute atomic E-state index is 12.2. The van der Waals surface area contributed by atoms with Crippen LogP contribution >= 0.6 is 11.8 Å². The summed E-state index contributed by atoms with van der Waals surface area (Å²) in [5, 5.41) is 12.1. The molecule has 140 valence electrons. The number of amides is 1. The zero-order valence-electron chi connectivity index (χ0n) is 15.6. The van der Waals surface area contributed by atoms with Crippen molar-refractivity contribution in [1.82, 2.24) is 20.1 Å². The zero-order chi connectivity index (χ0) is 19.2. The molecule has 1 heterocycles. The fourth-order valence-corrected chi connectivity index (χ4v) is 3.43. The fraction of sp³-hybridized carbons (Fsp3) is 0.250. The number of carbonyl (C=O) groups excluding carboxylic acids is 1. The van der Waals surface area contributed by atoms with Gasteiger partial charge in [0.2, 0.25) is 5.91 Å². The third kappa shape index (κ3) is 4.49. The average Bonchev–Trinajstić information content (AvgIpc) is 3.06. The van der Waals surface area contributed by atoms with E-state index in [1.54, 1.807) is 7.11 Å². The van der Waals surface area contributed by atoms with Crippen LogP contribution in [0.25, 0.3) is 11.4 Å². The van der Waals surface area contributed by atoms with Crippen LogP contribution in [0, 0.1) is 6.92 Å². The Morgan fingerprint density at radius 3 is 2.67 bits per heavy atom. The summed E-state index contributed by atoms with van der Waals surface area (Å²) in [4.78, 5) is 12.2. The molecule has 0 radical (unpaired) electrons. The molecule has 0 saturated heterocycles. The minimum atomic E-state index is -0.0369. The van der Waals surface area contributed by atoms with Crippen LogP contribution in [0.5, 0.6) is 5.75 Å². The molecular formula is C20H22N4O2S. The standard InChI is InChI=1S/C20H22N4O2S/c1-14-8-4-5-9-15(14)12-21-18(25)13-27-20-23-22-19(24(20)2)16-10-6-7-11-17(16)26-3/h4-11H,12-13H2,1-3H3,(H,21,25). The van der Waals surface area contributed by atoms with Crippen molar-refractivity contribution in [3.8, 4) is 17.1 Å². The highest BCUT2D eigenvalue weighted by atomic mass is 32.2. The summed E-state index contributed by atoms with van der Waals surface area (Å²) in [6.07, 6.45) is 0. The lowest BCUT2D eigenvalue weighted by molar-refractivity contribution is -0.118. The van der Waals surface area contributed by atoms with Gasteiger partial charge in [-0.25, -0.2) is 0 Å². The number of hydrogen-bond acceptors (Lipinski definition) is 5. The second kappa shape index (κ2) is 8.73. The van der Waals surface area contributed by atoms with Crippen LogP contribution < -0.4 is 10.1 Å². The van der Waals surface area contributed by atoms with Gasteiger partial charge in [0.15, 0.2) is 11.0 Å². The van der Waals surface area contributed by atoms with Crippen molar-refractivity contribution in [2.75, 3.05) is 12.9 Å². The lowest BCUT2D eigenvalue weighted by Gasteiger charge is -2.09. The predicted octanol–water partition coefficient (Wildman–Crippen LogP) is 3.21. The number of aryl methyl sites for hydroxylation is 1. The van der Waals surface area contributed by atoms with Crippen molar-refractivity contribution in [2.24, 2.45) is 7.05 Å². The Balaban J connectivity index is 1.61. The number of benzene rings is 2. The number of methoxy groups -OCH3 is 1. The van der Waals surface area contributed by atoms with E-state index in [9.17, 15) is 4.79 Å². The first-order chi connectivity index (χ1) is 13.1. The Labute approximate surface area is 163 Å². The number of hydrogen-bond donors (Lipinski definition) is 1. The lowest BCUT2D eigenvalue weighted by Crippen LogP contribution is -2.25. The molecule has 2 aromatic carbocycles. The van der Waals surface area contributed by atoms with Gasteiger partial charge >= 0.3 is 0 Å². The molecule has 1 aromatic heterocycles. The van der Waals surface area contributed by atoms with E-state index in [4.69, 9.17) is 4.74 Å². The topological polar surface area (TPSA) is 69.0 Å². The predicted molar refractivity (Wildman–Crippen MR) is 107 cm³/mol. The Morgan fingerprint density at radius 1 is 1.15 bits per heavy atom. The zero-order valence-corrected chi connectivity index (χ0v) is 16.4. The third-order valence-corrected chi connectivity index (χ3v) is 5.27. The van der Waals surface area contributed by atoms with Gasteiger partial charge in [-0.1, -0.05) is 48.2 Å². The molecule has 0 aliphatic rings. The summed E-state index contributed by atoms with van der Waals surface area (Å²) in [6.45, 7) is 2.56. The molecular weight excluding hydrogens is 360 g/mol. The summed E-state index contributed by atoms with van der Waals surface area (Å²) < 4.78 is 7.27. The average molecular weight is 382 g/mol. The number of carbonyl (C=O) groups is 1. The molecule has 1 amide bonds. The van der Waals surface area contributed by atoms with Gasteiger partial charge in [0.05, 0.1) is 18.4 Å². The van der Waals surface area contributed by atoms with E-state index < -0.39 is 0 Å². The maximum Gasteiger partial charge on any atom is 0.230 e. The molecule has 3 rings (SSSR count). The van der Waals surface area contributed by atoms with Gasteiger partial charge in [-0.05, 0) is 30.2 Å². The first-order valence-corrected chi connectivity index (χ1v) is 9.55. The molecule has 6 nitrogen and oxygen atoms in total. The van der Waals surface area contributed by atoms with Crippen molar-refractivity contribution >= 4 is 17.7 Å². The molecule has 3 aromatic rings. The number of ether oxygens (including phenoxy) is 1. The van der Waals surface area contributed by atoms with E-state index in [2.05, 4.69) is 15.5 Å². The second-order valence-electron chi connectivity index (χ2n) is 6.06. The Bertz CT molecular complexity index is 939. The van der Waals surface area contributed by atoms with Crippen molar-refractivity contribution in [3.63, 3.8) is 0 Å². The largest absolute Gasteiger partial charge is 0.496 e. The van der Waals surface area contributed by atoms with Gasteiger partial charge in [-0.3, -0.25) is 4.79 Å². The second-order valence-corrected chi connectivity index (χ2v) is 7.00. The SMILES string of the molecule is COc1ccccc1-c1nnc(SCC(=O)NCc2ccccc2C)n1C. The minimum Gasteiger partial charge on any atom is -0.496 e. The van der Waals surface area contributed by atoms with E-state index in [0.29, 0.717) is 17.5 Å². The molecule has 0 atom stereocenters. The quantitative estimate of drug-likeness (QED) is 0.636. The van der Waals surface area contributed by atoms with Crippen molar-refractivity contribution in [2.45, 2.75) is 18.6 Å². The number of para-hydroxylation sites is 1. The van der Waals surface area contributed by atoms with Gasteiger partial charge in [0.1, 0.15) is 5.75 Å². The van der Waals surface area contributed by atoms with Crippen molar-refractivity contribution < 1.29 is 9.53 Å². The third-order valence-electron chi connectivity index (χ3n) is 4.25. The fourth-order valence-electron chi connectivity index (χ4n) is 2.69. The van der Waals surface area contributed by atoms with Crippen LogP contribution in [0.4, 0.5) is 0 Å². The number of nitrogens with one attached hydrogen (secondary N) is 1. The van der Waals surface area contributed by atoms with Crippen LogP contribution in [0.3, 0.4) is 0 Å². The van der Waals surface area contributed by atoms with Crippen LogP contribution in [0.1, 0.15) is 11.1 Å². The highest BCUT2D eigenvalue weighted by molar-refractivity contribution is 7.99. The van der Waals surface area contributed by atoms with E-state index in [-0.39, 0.29) is 11.7 Å². The van der Waals surface area contributed by atoms with E-state index >= 15 is 0 Å². The molecule has 0 unspecified atom stereocenters. The molecule has 0 aliphatic carbocycles. The Hall–Kier alpha value is -2.80. The molecule has 0 bridgehead atoms. The summed E-state index contributed by atoms with van der Waals surface area (Å²) in [5.41, 5.74) is 3.15. The Morgan fingerprint density at radius 2 is 1.89 bits per heavy atom. The van der Waals surface area contributed by atoms with Crippen LogP contribution in [0.2, 0.25) is 0 Å². The van der Waals surface area contributed by atoms with Crippen molar-refractivity contribution in [1.29, 1.82) is 0 Å². The van der Waals surface area contributed by atoms with Gasteiger partial charge < -0.3 is 14.6 Å². The molecule has 0 spiro atoms. The van der Waals surface area contributed by atoms with Gasteiger partial charge in [0.25, 0.3) is 0 Å². The highest BCUT2D eigenvalue weighted by Crippen LogP contribution is 2.29. The first-order valence-electron chi connectivity index (χ1n) is 8.57. The number of nitrogens with zero attached hydrogens (tertiary/aromatic N) is 3. The summed E-state index contributed by atoms with van der Waals surface area (Å²) in [5.74, 6) is 1.69. The van der Waals surface area contributed by atoms with E-state index in [1.165, 1.54) is 17.3 Å². The van der Waals surface area contributed by atoms with Crippen LogP contribution in [-0.4, -0.2) is 33.5 Å². The van der Waals surface area contributed by atoms with E-state index in [0.717, 1.165) is 16.9 Å². The van der Waals surface area contributed by atoms with Crippen LogP contribution in [-0.2, 0) is 18.4 Å². The number of thioether (sulfide) groups is 1. The van der Waals surface area contributed by atoms with Gasteiger partial charge in [0, 0.05) is 13.6 Å². The highest BCUT2D eigenvalue weighted by Gasteiger charge is 2.15. The van der Waals surface area contributed by atoms with Crippen LogP contribution in [0.15, 0.2) is 53.7 Å². The van der Waals surface area contributed by atoms with Gasteiger partial charge in [-0.15, -0.1) is 10.2 Å². The maximum atomic E-state index is 12.2. The monoisotopic (exact) mass is 382 g/mol. The molecule has 27 heavy (non-hydrogen) atoms. The molecule has 1 N–H and O–H groups in total. The minimum absolute atomic E-state index is 0.0369. The molecule has 0 fully saturated rings. The van der Waals surface area contributed by atoms with E-state index in [1.807, 2.05) is 67.1 Å². The number of aromatic nitrogens is 3. The van der Waals surface area contributed by atoms with Gasteiger partial charge in [-0.2, -0.15) is 0 Å². The summed E-state index contributed by atoms with van der Waals surface area (Å²) in [6, 6.07) is 15.7. The first kappa shape index (κ1) is 19.0. The number of rotatable bonds is 7. The normalized spacial score (nSPS) is 10.6. The summed E-state index contributed by atoms with van der Waals surface area (Å²) in [7, 11) is 3.51. The lowest BCUT2D eigenvalue weighted by atomic mass is 10.1. The molecule has 7 heteroatoms. The molecule has 0 saturated carbocycles. The Kier molecular flexibility index (Phi) is 6.13. The van der Waals surface area contributed by atoms with Crippen molar-refractivity contribution in [3.05, 3.63) is 59.7 Å². The smallest absolute Gasteiger partial charge is 0.230 e. The molecule has 0 aliphatic heterocycles.